The summed E-state index contributed by atoms with van der Waals surface area (Å²) in [6, 6.07) is 7.58. The third-order valence-electron chi connectivity index (χ3n) is 6.19. The van der Waals surface area contributed by atoms with Crippen molar-refractivity contribution in [3.8, 4) is 0 Å². The number of anilines is 1. The molecule has 2 aromatic heterocycles. The number of nitrogens with zero attached hydrogens (tertiary/aromatic N) is 1. The molecule has 2 N–H and O–H groups in total. The molecule has 3 aromatic rings. The summed E-state index contributed by atoms with van der Waals surface area (Å²) in [5.41, 5.74) is 6.74. The van der Waals surface area contributed by atoms with Crippen molar-refractivity contribution in [2.24, 2.45) is 4.99 Å². The minimum Gasteiger partial charge on any atom is -0.466 e. The molecule has 1 amide bonds. The van der Waals surface area contributed by atoms with Gasteiger partial charge in [0.1, 0.15) is 0 Å². The van der Waals surface area contributed by atoms with Crippen LogP contribution in [0.4, 0.5) is 11.4 Å². The molecule has 0 bridgehead atoms. The molecule has 0 atom stereocenters. The number of carbonyl (C=O) groups is 3. The number of benzene rings is 1. The number of aromatic amines is 1. The van der Waals surface area contributed by atoms with Crippen LogP contribution in [0.2, 0.25) is 0 Å². The summed E-state index contributed by atoms with van der Waals surface area (Å²) in [6.45, 7) is 2.08. The summed E-state index contributed by atoms with van der Waals surface area (Å²) in [7, 11) is 0. The van der Waals surface area contributed by atoms with E-state index in [2.05, 4.69) is 15.3 Å². The lowest BCUT2D eigenvalue weighted by Gasteiger charge is -2.11. The molecule has 0 saturated carbocycles. The molecule has 3 heterocycles. The van der Waals surface area contributed by atoms with Crippen molar-refractivity contribution in [3.05, 3.63) is 68.7 Å². The molecule has 1 aliphatic carbocycles. The molecule has 35 heavy (non-hydrogen) atoms. The van der Waals surface area contributed by atoms with E-state index in [1.807, 2.05) is 35.0 Å². The van der Waals surface area contributed by atoms with Crippen LogP contribution in [0.25, 0.3) is 11.6 Å². The largest absolute Gasteiger partial charge is 0.466 e. The number of ether oxygens (including phenoxy) is 1. The number of Topliss-reactive ketones (excluding diaryl/α,β-unsaturated/α-hetero) is 1. The van der Waals surface area contributed by atoms with E-state index in [1.165, 1.54) is 0 Å². The Kier molecular flexibility index (Phi) is 6.46. The summed E-state index contributed by atoms with van der Waals surface area (Å²) < 4.78 is 5.08. The second-order valence-corrected chi connectivity index (χ2v) is 9.29. The van der Waals surface area contributed by atoms with Gasteiger partial charge >= 0.3 is 5.97 Å². The lowest BCUT2D eigenvalue weighted by Crippen LogP contribution is -2.12. The molecule has 2 aliphatic rings. The Morgan fingerprint density at radius 1 is 1.23 bits per heavy atom. The van der Waals surface area contributed by atoms with Crippen molar-refractivity contribution in [3.63, 3.8) is 0 Å². The van der Waals surface area contributed by atoms with Gasteiger partial charge < -0.3 is 15.0 Å². The SMILES string of the molecule is CCOC(=O)CCc1c(/C=C2\C(=O)Nc3ccc(/N=C/c4ccsc4)cc32)[nH]c2c1C(=O)CCC2. The predicted octanol–water partition coefficient (Wildman–Crippen LogP) is 5.33. The van der Waals surface area contributed by atoms with Crippen molar-refractivity contribution >= 4 is 58.2 Å². The van der Waals surface area contributed by atoms with Crippen molar-refractivity contribution < 1.29 is 19.1 Å². The number of esters is 1. The highest BCUT2D eigenvalue weighted by Crippen LogP contribution is 2.37. The topological polar surface area (TPSA) is 101 Å². The maximum atomic E-state index is 12.9. The highest BCUT2D eigenvalue weighted by atomic mass is 32.1. The third kappa shape index (κ3) is 4.74. The molecule has 1 aromatic carbocycles. The van der Waals surface area contributed by atoms with Gasteiger partial charge in [0.15, 0.2) is 5.78 Å². The molecule has 0 saturated heterocycles. The van der Waals surface area contributed by atoms with Crippen molar-refractivity contribution in [2.75, 3.05) is 11.9 Å². The zero-order valence-corrected chi connectivity index (χ0v) is 20.2. The van der Waals surface area contributed by atoms with Crippen LogP contribution in [-0.2, 0) is 27.2 Å². The first-order chi connectivity index (χ1) is 17.0. The van der Waals surface area contributed by atoms with Crippen LogP contribution in [0, 0.1) is 0 Å². The fraction of sp³-hybridized carbons (Fsp3) is 0.259. The third-order valence-corrected chi connectivity index (χ3v) is 6.89. The lowest BCUT2D eigenvalue weighted by molar-refractivity contribution is -0.143. The Hall–Kier alpha value is -3.78. The van der Waals surface area contributed by atoms with Gasteiger partial charge in [-0.25, -0.2) is 0 Å². The van der Waals surface area contributed by atoms with Gasteiger partial charge in [-0.15, -0.1) is 0 Å². The van der Waals surface area contributed by atoms with Crippen LogP contribution in [-0.4, -0.2) is 35.5 Å². The number of hydrogen-bond acceptors (Lipinski definition) is 6. The van der Waals surface area contributed by atoms with Crippen LogP contribution in [0.3, 0.4) is 0 Å². The van der Waals surface area contributed by atoms with Crippen LogP contribution < -0.4 is 5.32 Å². The quantitative estimate of drug-likeness (QED) is 0.267. The van der Waals surface area contributed by atoms with Crippen molar-refractivity contribution in [2.45, 2.75) is 39.0 Å². The van der Waals surface area contributed by atoms with E-state index in [-0.39, 0.29) is 24.1 Å². The Morgan fingerprint density at radius 2 is 2.11 bits per heavy atom. The number of hydrogen-bond donors (Lipinski definition) is 2. The van der Waals surface area contributed by atoms with Gasteiger partial charge in [0, 0.05) is 52.8 Å². The van der Waals surface area contributed by atoms with Crippen LogP contribution in [0.5, 0.6) is 0 Å². The van der Waals surface area contributed by atoms with Gasteiger partial charge in [-0.1, -0.05) is 0 Å². The molecule has 0 radical (unpaired) electrons. The number of amides is 1. The number of aryl methyl sites for hydroxylation is 1. The number of aromatic nitrogens is 1. The van der Waals surface area contributed by atoms with Gasteiger partial charge in [0.05, 0.1) is 17.9 Å². The number of H-pyrrole nitrogens is 1. The first-order valence-electron chi connectivity index (χ1n) is 11.7. The number of aliphatic imine (C=N–C) groups is 1. The Morgan fingerprint density at radius 3 is 2.91 bits per heavy atom. The van der Waals surface area contributed by atoms with Gasteiger partial charge in [-0.3, -0.25) is 19.4 Å². The molecule has 8 heteroatoms. The number of rotatable bonds is 7. The molecule has 5 rings (SSSR count). The minimum absolute atomic E-state index is 0.0762. The van der Waals surface area contributed by atoms with E-state index in [0.29, 0.717) is 36.3 Å². The lowest BCUT2D eigenvalue weighted by atomic mass is 9.91. The molecule has 0 fully saturated rings. The molecule has 178 valence electrons. The zero-order chi connectivity index (χ0) is 24.4. The van der Waals surface area contributed by atoms with Gasteiger partial charge in [0.25, 0.3) is 5.91 Å². The van der Waals surface area contributed by atoms with E-state index < -0.39 is 0 Å². The fourth-order valence-electron chi connectivity index (χ4n) is 4.58. The maximum Gasteiger partial charge on any atom is 0.306 e. The van der Waals surface area contributed by atoms with Gasteiger partial charge in [-0.2, -0.15) is 11.3 Å². The minimum atomic E-state index is -0.304. The second-order valence-electron chi connectivity index (χ2n) is 8.51. The smallest absolute Gasteiger partial charge is 0.306 e. The van der Waals surface area contributed by atoms with E-state index >= 15 is 0 Å². The number of thiophene rings is 1. The number of fused-ring (bicyclic) bond motifs is 2. The van der Waals surface area contributed by atoms with E-state index in [4.69, 9.17) is 4.74 Å². The summed E-state index contributed by atoms with van der Waals surface area (Å²) in [5.74, 6) is -0.442. The van der Waals surface area contributed by atoms with Crippen molar-refractivity contribution in [1.82, 2.24) is 4.98 Å². The van der Waals surface area contributed by atoms with Crippen molar-refractivity contribution in [1.29, 1.82) is 0 Å². The van der Waals surface area contributed by atoms with Crippen LogP contribution in [0.15, 0.2) is 40.0 Å². The zero-order valence-electron chi connectivity index (χ0n) is 19.3. The van der Waals surface area contributed by atoms with Crippen LogP contribution in [0.1, 0.15) is 64.6 Å². The van der Waals surface area contributed by atoms with E-state index in [0.717, 1.165) is 46.6 Å². The Bertz CT molecular complexity index is 1370. The normalized spacial score (nSPS) is 16.0. The van der Waals surface area contributed by atoms with Gasteiger partial charge in [0.2, 0.25) is 0 Å². The molecule has 7 nitrogen and oxygen atoms in total. The maximum absolute atomic E-state index is 12.9. The summed E-state index contributed by atoms with van der Waals surface area (Å²) in [5, 5.41) is 6.92. The fourth-order valence-corrected chi connectivity index (χ4v) is 5.19. The summed E-state index contributed by atoms with van der Waals surface area (Å²) >= 11 is 1.61. The average Bonchev–Trinajstić information content (AvgIpc) is 3.55. The first-order valence-corrected chi connectivity index (χ1v) is 12.6. The molecule has 0 unspecified atom stereocenters. The second kappa shape index (κ2) is 9.84. The molecular weight excluding hydrogens is 462 g/mol. The first kappa shape index (κ1) is 23.0. The predicted molar refractivity (Wildman–Crippen MR) is 138 cm³/mol. The average molecular weight is 488 g/mol. The monoisotopic (exact) mass is 487 g/mol. The molecule has 0 spiro atoms. The van der Waals surface area contributed by atoms with Crippen LogP contribution >= 0.6 is 11.3 Å². The Labute approximate surface area is 206 Å². The summed E-state index contributed by atoms with van der Waals surface area (Å²) in [6.07, 6.45) is 6.17. The number of nitrogens with one attached hydrogen (secondary N) is 2. The Balaban J connectivity index is 1.52. The van der Waals surface area contributed by atoms with Gasteiger partial charge in [-0.05, 0) is 72.9 Å². The van der Waals surface area contributed by atoms with E-state index in [9.17, 15) is 14.4 Å². The number of ketones is 1. The highest BCUT2D eigenvalue weighted by molar-refractivity contribution is 7.08. The molecule has 1 aliphatic heterocycles. The number of carbonyl (C=O) groups excluding carboxylic acids is 3. The summed E-state index contributed by atoms with van der Waals surface area (Å²) in [4.78, 5) is 45.6. The standard InChI is InChI=1S/C27H25N3O4S/c1-2-34-25(32)9-7-18-23(29-22-4-3-5-24(31)26(18)22)13-20-19-12-17(6-8-21(19)30-27(20)33)28-14-16-10-11-35-15-16/h6,8,10-15,29H,2-5,7,9H2,1H3,(H,30,33)/b20-13-,28-14+. The molecular formula is C27H25N3O4S. The van der Waals surface area contributed by atoms with E-state index in [1.54, 1.807) is 30.6 Å². The highest BCUT2D eigenvalue weighted by Gasteiger charge is 2.29.